The number of hydrogen-bond acceptors (Lipinski definition) is 5. The Hall–Kier alpha value is -4.39. The van der Waals surface area contributed by atoms with Crippen LogP contribution in [0.4, 0.5) is 5.69 Å². The minimum Gasteiger partial charge on any atom is -0.494 e. The molecule has 2 heterocycles. The highest BCUT2D eigenvalue weighted by molar-refractivity contribution is 5.97. The molecule has 2 N–H and O–H groups in total. The summed E-state index contributed by atoms with van der Waals surface area (Å²) in [5.41, 5.74) is 8.77. The largest absolute Gasteiger partial charge is 0.494 e. The summed E-state index contributed by atoms with van der Waals surface area (Å²) in [6.07, 6.45) is 8.27. The predicted octanol–water partition coefficient (Wildman–Crippen LogP) is 8.12. The van der Waals surface area contributed by atoms with E-state index in [2.05, 4.69) is 71.5 Å². The van der Waals surface area contributed by atoms with Gasteiger partial charge in [-0.3, -0.25) is 9.78 Å². The number of fused-ring (bicyclic) bond motifs is 3. The number of amides is 1. The van der Waals surface area contributed by atoms with Gasteiger partial charge in [-0.1, -0.05) is 44.2 Å². The van der Waals surface area contributed by atoms with Crippen LogP contribution < -0.4 is 15.4 Å². The number of aromatic nitrogens is 3. The van der Waals surface area contributed by atoms with E-state index in [0.717, 1.165) is 79.7 Å². The molecule has 0 spiro atoms. The highest BCUT2D eigenvalue weighted by Crippen LogP contribution is 2.33. The number of ether oxygens (including phenoxy) is 1. The van der Waals surface area contributed by atoms with E-state index < -0.39 is 0 Å². The molecule has 0 aliphatic heterocycles. The van der Waals surface area contributed by atoms with Crippen LogP contribution in [0.25, 0.3) is 21.9 Å². The number of hydrogen-bond donors (Lipinski definition) is 2. The number of benzene rings is 3. The standard InChI is InChI=1S/C39H47N5O2/c1-4-46-30-18-15-28(16-19-30)25-37-43-35-26-29(17-20-36(35)44(37)24-21-27(2)3)39(45)41-23-10-9-22-40-38-31-11-5-7-13-33(31)42-34-14-8-6-12-32(34)38/h5,7,11,13,15-20,26-27H,4,6,8-10,12,14,21-25H2,1-3H3,(H,40,42)(H,41,45). The number of carbonyl (C=O) groups is 1. The topological polar surface area (TPSA) is 81.1 Å². The zero-order chi connectivity index (χ0) is 31.9. The number of rotatable bonds is 14. The normalized spacial score (nSPS) is 12.9. The molecule has 6 rings (SSSR count). The van der Waals surface area contributed by atoms with E-state index in [1.165, 1.54) is 40.7 Å². The van der Waals surface area contributed by atoms with E-state index in [1.807, 2.05) is 31.2 Å². The molecule has 0 saturated heterocycles. The van der Waals surface area contributed by atoms with Crippen LogP contribution in [-0.4, -0.2) is 40.1 Å². The van der Waals surface area contributed by atoms with Crippen molar-refractivity contribution in [2.75, 3.05) is 25.0 Å². The highest BCUT2D eigenvalue weighted by atomic mass is 16.5. The lowest BCUT2D eigenvalue weighted by Crippen LogP contribution is -2.24. The maximum Gasteiger partial charge on any atom is 0.251 e. The molecule has 46 heavy (non-hydrogen) atoms. The fourth-order valence-corrected chi connectivity index (χ4v) is 6.49. The summed E-state index contributed by atoms with van der Waals surface area (Å²) in [6.45, 7) is 9.55. The van der Waals surface area contributed by atoms with Crippen LogP contribution in [0.3, 0.4) is 0 Å². The average Bonchev–Trinajstić information content (AvgIpc) is 3.41. The van der Waals surface area contributed by atoms with Gasteiger partial charge in [0.25, 0.3) is 5.91 Å². The zero-order valence-corrected chi connectivity index (χ0v) is 27.6. The lowest BCUT2D eigenvalue weighted by Gasteiger charge is -2.21. The first-order chi connectivity index (χ1) is 22.5. The van der Waals surface area contributed by atoms with Crippen molar-refractivity contribution in [1.29, 1.82) is 0 Å². The van der Waals surface area contributed by atoms with Crippen molar-refractivity contribution in [3.63, 3.8) is 0 Å². The van der Waals surface area contributed by atoms with E-state index in [-0.39, 0.29) is 5.91 Å². The first-order valence-corrected chi connectivity index (χ1v) is 17.1. The van der Waals surface area contributed by atoms with Gasteiger partial charge < -0.3 is 19.9 Å². The molecular formula is C39H47N5O2. The summed E-state index contributed by atoms with van der Waals surface area (Å²) >= 11 is 0. The third kappa shape index (κ3) is 7.35. The van der Waals surface area contributed by atoms with Gasteiger partial charge in [0, 0.05) is 48.4 Å². The number of unbranched alkanes of at least 4 members (excludes halogenated alkanes) is 1. The van der Waals surface area contributed by atoms with Gasteiger partial charge in [-0.25, -0.2) is 4.98 Å². The molecule has 0 radical (unpaired) electrons. The molecule has 0 bridgehead atoms. The van der Waals surface area contributed by atoms with Crippen molar-refractivity contribution in [2.24, 2.45) is 5.92 Å². The molecule has 5 aromatic rings. The molecule has 0 atom stereocenters. The summed E-state index contributed by atoms with van der Waals surface area (Å²) < 4.78 is 7.94. The predicted molar refractivity (Wildman–Crippen MR) is 188 cm³/mol. The van der Waals surface area contributed by atoms with Crippen molar-refractivity contribution < 1.29 is 9.53 Å². The van der Waals surface area contributed by atoms with Crippen molar-refractivity contribution in [3.8, 4) is 5.75 Å². The number of para-hydroxylation sites is 1. The molecule has 3 aromatic carbocycles. The van der Waals surface area contributed by atoms with Crippen molar-refractivity contribution in [1.82, 2.24) is 19.9 Å². The van der Waals surface area contributed by atoms with Gasteiger partial charge in [0.05, 0.1) is 23.2 Å². The van der Waals surface area contributed by atoms with Gasteiger partial charge >= 0.3 is 0 Å². The quantitative estimate of drug-likeness (QED) is 0.123. The molecule has 1 aliphatic carbocycles. The molecular weight excluding hydrogens is 570 g/mol. The Balaban J connectivity index is 1.07. The first-order valence-electron chi connectivity index (χ1n) is 17.1. The second kappa shape index (κ2) is 14.8. The lowest BCUT2D eigenvalue weighted by atomic mass is 9.92. The number of carbonyl (C=O) groups excluding carboxylic acids is 1. The third-order valence-electron chi connectivity index (χ3n) is 8.98. The summed E-state index contributed by atoms with van der Waals surface area (Å²) in [5, 5.41) is 8.08. The van der Waals surface area contributed by atoms with Gasteiger partial charge in [0.2, 0.25) is 0 Å². The molecule has 7 heteroatoms. The van der Waals surface area contributed by atoms with Crippen LogP contribution in [0.1, 0.15) is 85.9 Å². The SMILES string of the molecule is CCOc1ccc(Cc2nc3cc(C(=O)NCCCCNc4c5c(nc6ccccc46)CCCC5)ccc3n2CCC(C)C)cc1. The van der Waals surface area contributed by atoms with Gasteiger partial charge in [-0.2, -0.15) is 0 Å². The minimum absolute atomic E-state index is 0.0474. The molecule has 1 amide bonds. The summed E-state index contributed by atoms with van der Waals surface area (Å²) in [6, 6.07) is 22.6. The van der Waals surface area contributed by atoms with Crippen molar-refractivity contribution >= 4 is 33.5 Å². The fourth-order valence-electron chi connectivity index (χ4n) is 6.49. The van der Waals surface area contributed by atoms with Crippen molar-refractivity contribution in [3.05, 3.63) is 94.9 Å². The third-order valence-corrected chi connectivity index (χ3v) is 8.98. The molecule has 0 fully saturated rings. The smallest absolute Gasteiger partial charge is 0.251 e. The van der Waals surface area contributed by atoms with E-state index in [1.54, 1.807) is 0 Å². The lowest BCUT2D eigenvalue weighted by molar-refractivity contribution is 0.0953. The molecule has 2 aromatic heterocycles. The van der Waals surface area contributed by atoms with Crippen LogP contribution in [0.2, 0.25) is 0 Å². The van der Waals surface area contributed by atoms with E-state index in [0.29, 0.717) is 24.6 Å². The molecule has 0 unspecified atom stereocenters. The summed E-state index contributed by atoms with van der Waals surface area (Å²) in [5.74, 6) is 2.44. The average molecular weight is 618 g/mol. The number of nitrogens with zero attached hydrogens (tertiary/aromatic N) is 3. The molecule has 1 aliphatic rings. The number of imidazole rings is 1. The second-order valence-corrected chi connectivity index (χ2v) is 12.8. The van der Waals surface area contributed by atoms with Crippen molar-refractivity contribution in [2.45, 2.75) is 78.7 Å². The van der Waals surface area contributed by atoms with E-state index in [4.69, 9.17) is 14.7 Å². The minimum atomic E-state index is -0.0474. The Morgan fingerprint density at radius 1 is 0.935 bits per heavy atom. The van der Waals surface area contributed by atoms with E-state index >= 15 is 0 Å². The van der Waals surface area contributed by atoms with Crippen LogP contribution in [0, 0.1) is 5.92 Å². The molecule has 0 saturated carbocycles. The van der Waals surface area contributed by atoms with Crippen LogP contribution >= 0.6 is 0 Å². The molecule has 240 valence electrons. The molecule has 7 nitrogen and oxygen atoms in total. The second-order valence-electron chi connectivity index (χ2n) is 12.8. The maximum atomic E-state index is 13.2. The monoisotopic (exact) mass is 617 g/mol. The highest BCUT2D eigenvalue weighted by Gasteiger charge is 2.18. The Labute approximate surface area is 272 Å². The number of pyridine rings is 1. The Bertz CT molecular complexity index is 1790. The maximum absolute atomic E-state index is 13.2. The Morgan fingerprint density at radius 3 is 2.57 bits per heavy atom. The number of aryl methyl sites for hydroxylation is 2. The van der Waals surface area contributed by atoms with Gasteiger partial charge in [-0.05, 0) is 105 Å². The zero-order valence-electron chi connectivity index (χ0n) is 27.6. The first kappa shape index (κ1) is 31.6. The summed E-state index contributed by atoms with van der Waals surface area (Å²) in [4.78, 5) is 23.1. The summed E-state index contributed by atoms with van der Waals surface area (Å²) in [7, 11) is 0. The Kier molecular flexibility index (Phi) is 10.2. The van der Waals surface area contributed by atoms with Crippen LogP contribution in [-0.2, 0) is 25.8 Å². The van der Waals surface area contributed by atoms with E-state index in [9.17, 15) is 4.79 Å². The van der Waals surface area contributed by atoms with Crippen LogP contribution in [0.5, 0.6) is 5.75 Å². The fraction of sp³-hybridized carbons (Fsp3) is 0.410. The number of nitrogens with one attached hydrogen (secondary N) is 2. The van der Waals surface area contributed by atoms with Crippen LogP contribution in [0.15, 0.2) is 66.7 Å². The Morgan fingerprint density at radius 2 is 1.74 bits per heavy atom. The number of anilines is 1. The van der Waals surface area contributed by atoms with Gasteiger partial charge in [-0.15, -0.1) is 0 Å². The van der Waals surface area contributed by atoms with Gasteiger partial charge in [0.1, 0.15) is 11.6 Å². The van der Waals surface area contributed by atoms with Gasteiger partial charge in [0.15, 0.2) is 0 Å².